The van der Waals surface area contributed by atoms with E-state index in [1.807, 2.05) is 27.7 Å². The number of nitrogens with one attached hydrogen (secondary N) is 1. The first kappa shape index (κ1) is 14.1. The Kier molecular flexibility index (Phi) is 4.62. The van der Waals surface area contributed by atoms with E-state index in [1.165, 1.54) is 6.07 Å². The van der Waals surface area contributed by atoms with Crippen LogP contribution in [0.15, 0.2) is 18.2 Å². The molecule has 0 saturated heterocycles. The molecule has 0 bridgehead atoms. The molecule has 0 amide bonds. The van der Waals surface area contributed by atoms with Crippen molar-refractivity contribution in [1.29, 1.82) is 0 Å². The first-order valence-corrected chi connectivity index (χ1v) is 5.78. The largest absolute Gasteiger partial charge is 0.374 e. The van der Waals surface area contributed by atoms with Crippen LogP contribution in [0.1, 0.15) is 37.9 Å². The summed E-state index contributed by atoms with van der Waals surface area (Å²) in [4.78, 5) is 0. The van der Waals surface area contributed by atoms with Gasteiger partial charge in [-0.15, -0.1) is 0 Å². The van der Waals surface area contributed by atoms with Gasteiger partial charge in [0.15, 0.2) is 0 Å². The van der Waals surface area contributed by atoms with Crippen LogP contribution in [0.5, 0.6) is 0 Å². The van der Waals surface area contributed by atoms with E-state index in [2.05, 4.69) is 5.43 Å². The Bertz CT molecular complexity index is 380. The molecule has 0 radical (unpaired) electrons. The molecule has 1 aromatic carbocycles. The maximum absolute atomic E-state index is 13.8. The van der Waals surface area contributed by atoms with E-state index in [-0.39, 0.29) is 11.9 Å². The zero-order valence-corrected chi connectivity index (χ0v) is 10.9. The van der Waals surface area contributed by atoms with Gasteiger partial charge in [-0.2, -0.15) is 0 Å². The SMILES string of the molecule is CCOC(C)(C)C(NN)c1cc(C)ccc1F. The molecule has 1 aromatic rings. The number of hydrazine groups is 1. The summed E-state index contributed by atoms with van der Waals surface area (Å²) in [7, 11) is 0. The summed E-state index contributed by atoms with van der Waals surface area (Å²) >= 11 is 0. The standard InChI is InChI=1S/C13H21FN2O/c1-5-17-13(3,4)12(16-15)10-8-9(2)6-7-11(10)14/h6-8,12,16H,5,15H2,1-4H3. The molecule has 96 valence electrons. The predicted molar refractivity (Wildman–Crippen MR) is 66.9 cm³/mol. The smallest absolute Gasteiger partial charge is 0.128 e. The fourth-order valence-electron chi connectivity index (χ4n) is 2.00. The molecule has 0 aliphatic carbocycles. The van der Waals surface area contributed by atoms with E-state index in [4.69, 9.17) is 10.6 Å². The minimum absolute atomic E-state index is 0.272. The van der Waals surface area contributed by atoms with Crippen molar-refractivity contribution in [3.63, 3.8) is 0 Å². The Balaban J connectivity index is 3.13. The number of ether oxygens (including phenoxy) is 1. The number of halogens is 1. The third kappa shape index (κ3) is 3.25. The lowest BCUT2D eigenvalue weighted by molar-refractivity contribution is -0.0400. The molecule has 0 aliphatic heterocycles. The van der Waals surface area contributed by atoms with Gasteiger partial charge in [0.1, 0.15) is 5.82 Å². The molecule has 1 rings (SSSR count). The second kappa shape index (κ2) is 5.58. The lowest BCUT2D eigenvalue weighted by atomic mass is 9.91. The van der Waals surface area contributed by atoms with E-state index < -0.39 is 5.60 Å². The highest BCUT2D eigenvalue weighted by atomic mass is 19.1. The molecule has 0 saturated carbocycles. The van der Waals surface area contributed by atoms with Gasteiger partial charge in [0.05, 0.1) is 11.6 Å². The third-order valence-electron chi connectivity index (χ3n) is 2.84. The molecule has 17 heavy (non-hydrogen) atoms. The Morgan fingerprint density at radius 3 is 2.65 bits per heavy atom. The second-order valence-corrected chi connectivity index (χ2v) is 4.66. The van der Waals surface area contributed by atoms with E-state index >= 15 is 0 Å². The maximum atomic E-state index is 13.8. The van der Waals surface area contributed by atoms with Crippen molar-refractivity contribution in [3.05, 3.63) is 35.1 Å². The van der Waals surface area contributed by atoms with Crippen molar-refractivity contribution in [2.45, 2.75) is 39.3 Å². The van der Waals surface area contributed by atoms with E-state index in [1.54, 1.807) is 12.1 Å². The normalized spacial score (nSPS) is 13.8. The van der Waals surface area contributed by atoms with Crippen molar-refractivity contribution < 1.29 is 9.13 Å². The number of hydrogen-bond acceptors (Lipinski definition) is 3. The molecular weight excluding hydrogens is 219 g/mol. The number of rotatable bonds is 5. The Morgan fingerprint density at radius 2 is 2.12 bits per heavy atom. The van der Waals surface area contributed by atoms with Crippen molar-refractivity contribution in [1.82, 2.24) is 5.43 Å². The lowest BCUT2D eigenvalue weighted by Gasteiger charge is -2.34. The summed E-state index contributed by atoms with van der Waals surface area (Å²) in [6.07, 6.45) is 0. The predicted octanol–water partition coefficient (Wildman–Crippen LogP) is 2.45. The summed E-state index contributed by atoms with van der Waals surface area (Å²) in [5.41, 5.74) is 3.60. The van der Waals surface area contributed by atoms with Crippen LogP contribution in [0.4, 0.5) is 4.39 Å². The van der Waals surface area contributed by atoms with Crippen LogP contribution < -0.4 is 11.3 Å². The minimum atomic E-state index is -0.571. The topological polar surface area (TPSA) is 47.3 Å². The first-order valence-electron chi connectivity index (χ1n) is 5.78. The van der Waals surface area contributed by atoms with Crippen LogP contribution >= 0.6 is 0 Å². The van der Waals surface area contributed by atoms with Crippen LogP contribution in [0.3, 0.4) is 0 Å². The maximum Gasteiger partial charge on any atom is 0.128 e. The van der Waals surface area contributed by atoms with Crippen molar-refractivity contribution >= 4 is 0 Å². The second-order valence-electron chi connectivity index (χ2n) is 4.66. The highest BCUT2D eigenvalue weighted by Gasteiger charge is 2.32. The highest BCUT2D eigenvalue weighted by molar-refractivity contribution is 5.28. The number of aryl methyl sites for hydroxylation is 1. The molecular formula is C13H21FN2O. The molecule has 3 nitrogen and oxygen atoms in total. The Hall–Kier alpha value is -0.970. The average molecular weight is 240 g/mol. The quantitative estimate of drug-likeness (QED) is 0.614. The van der Waals surface area contributed by atoms with Gasteiger partial charge in [-0.3, -0.25) is 5.84 Å². The molecule has 1 unspecified atom stereocenters. The molecule has 0 fully saturated rings. The zero-order valence-electron chi connectivity index (χ0n) is 10.9. The molecule has 4 heteroatoms. The molecule has 3 N–H and O–H groups in total. The van der Waals surface area contributed by atoms with Crippen molar-refractivity contribution in [2.24, 2.45) is 5.84 Å². The van der Waals surface area contributed by atoms with Gasteiger partial charge in [0.2, 0.25) is 0 Å². The number of nitrogens with two attached hydrogens (primary N) is 1. The fraction of sp³-hybridized carbons (Fsp3) is 0.538. The molecule has 0 aromatic heterocycles. The van der Waals surface area contributed by atoms with Gasteiger partial charge in [-0.25, -0.2) is 9.82 Å². The first-order chi connectivity index (χ1) is 7.92. The molecule has 0 heterocycles. The van der Waals surface area contributed by atoms with Crippen LogP contribution in [0.2, 0.25) is 0 Å². The van der Waals surface area contributed by atoms with Gasteiger partial charge in [-0.1, -0.05) is 17.7 Å². The van der Waals surface area contributed by atoms with Crippen molar-refractivity contribution in [3.8, 4) is 0 Å². The summed E-state index contributed by atoms with van der Waals surface area (Å²) in [6, 6.07) is 4.60. The van der Waals surface area contributed by atoms with Crippen LogP contribution in [0, 0.1) is 12.7 Å². The minimum Gasteiger partial charge on any atom is -0.374 e. The number of hydrogen-bond donors (Lipinski definition) is 2. The van der Waals surface area contributed by atoms with Crippen LogP contribution in [-0.4, -0.2) is 12.2 Å². The average Bonchev–Trinajstić information content (AvgIpc) is 2.23. The monoisotopic (exact) mass is 240 g/mol. The van der Waals surface area contributed by atoms with Crippen LogP contribution in [-0.2, 0) is 4.74 Å². The molecule has 1 atom stereocenters. The van der Waals surface area contributed by atoms with E-state index in [0.29, 0.717) is 12.2 Å². The van der Waals surface area contributed by atoms with E-state index in [0.717, 1.165) is 5.56 Å². The Labute approximate surface area is 102 Å². The summed E-state index contributed by atoms with van der Waals surface area (Å²) in [5, 5.41) is 0. The highest BCUT2D eigenvalue weighted by Crippen LogP contribution is 2.30. The van der Waals surface area contributed by atoms with E-state index in [9.17, 15) is 4.39 Å². The fourth-order valence-corrected chi connectivity index (χ4v) is 2.00. The zero-order chi connectivity index (χ0) is 13.1. The van der Waals surface area contributed by atoms with Gasteiger partial charge in [0, 0.05) is 12.2 Å². The Morgan fingerprint density at radius 1 is 1.47 bits per heavy atom. The van der Waals surface area contributed by atoms with Gasteiger partial charge in [-0.05, 0) is 33.8 Å². The summed E-state index contributed by atoms with van der Waals surface area (Å²) in [6.45, 7) is 8.16. The van der Waals surface area contributed by atoms with Gasteiger partial charge < -0.3 is 4.74 Å². The summed E-state index contributed by atoms with van der Waals surface area (Å²) < 4.78 is 19.4. The molecule has 0 spiro atoms. The third-order valence-corrected chi connectivity index (χ3v) is 2.84. The number of benzene rings is 1. The van der Waals surface area contributed by atoms with Crippen LogP contribution in [0.25, 0.3) is 0 Å². The van der Waals surface area contributed by atoms with Gasteiger partial charge in [0.25, 0.3) is 0 Å². The van der Waals surface area contributed by atoms with Crippen molar-refractivity contribution in [2.75, 3.05) is 6.61 Å². The van der Waals surface area contributed by atoms with Gasteiger partial charge >= 0.3 is 0 Å². The molecule has 0 aliphatic rings. The lowest BCUT2D eigenvalue weighted by Crippen LogP contribution is -2.45. The summed E-state index contributed by atoms with van der Waals surface area (Å²) in [5.74, 6) is 5.27.